The molecule has 76 valence electrons. The topological polar surface area (TPSA) is 61.5 Å². The van der Waals surface area contributed by atoms with Crippen molar-refractivity contribution in [1.29, 1.82) is 0 Å². The van der Waals surface area contributed by atoms with E-state index in [1.54, 1.807) is 25.3 Å². The van der Waals surface area contributed by atoms with E-state index in [0.717, 1.165) is 0 Å². The van der Waals surface area contributed by atoms with Crippen LogP contribution in [0.5, 0.6) is 11.5 Å². The van der Waals surface area contributed by atoms with Gasteiger partial charge in [0.2, 0.25) is 0 Å². The molecule has 0 spiro atoms. The number of aldehydes is 1. The van der Waals surface area contributed by atoms with E-state index < -0.39 is 6.04 Å². The molecule has 0 amide bonds. The Morgan fingerprint density at radius 3 is 2.57 bits per heavy atom. The number of ether oxygens (including phenoxy) is 2. The minimum atomic E-state index is -0.657. The summed E-state index contributed by atoms with van der Waals surface area (Å²) in [5.41, 5.74) is 6.23. The fraction of sp³-hybridized carbons (Fsp3) is 0.300. The fourth-order valence-electron chi connectivity index (χ4n) is 1.17. The highest BCUT2D eigenvalue weighted by molar-refractivity contribution is 5.64. The number of benzene rings is 1. The molecule has 4 nitrogen and oxygen atoms in total. The van der Waals surface area contributed by atoms with Crippen LogP contribution >= 0.6 is 0 Å². The van der Waals surface area contributed by atoms with Gasteiger partial charge in [-0.1, -0.05) is 0 Å². The van der Waals surface area contributed by atoms with Crippen LogP contribution in [0.25, 0.3) is 0 Å². The summed E-state index contributed by atoms with van der Waals surface area (Å²) in [7, 11) is 3.09. The quantitative estimate of drug-likeness (QED) is 0.725. The molecule has 1 atom stereocenters. The van der Waals surface area contributed by atoms with Gasteiger partial charge in [-0.25, -0.2) is 0 Å². The molecule has 1 aromatic carbocycles. The van der Waals surface area contributed by atoms with Crippen LogP contribution in [-0.2, 0) is 4.79 Å². The van der Waals surface area contributed by atoms with Crippen LogP contribution < -0.4 is 15.2 Å². The number of rotatable bonds is 4. The van der Waals surface area contributed by atoms with Gasteiger partial charge in [-0.2, -0.15) is 0 Å². The van der Waals surface area contributed by atoms with Crippen molar-refractivity contribution in [2.24, 2.45) is 5.73 Å². The molecule has 0 saturated heterocycles. The lowest BCUT2D eigenvalue weighted by Crippen LogP contribution is -2.12. The molecule has 0 aliphatic rings. The Balaban J connectivity index is 3.10. The largest absolute Gasteiger partial charge is 0.497 e. The van der Waals surface area contributed by atoms with Gasteiger partial charge in [0.05, 0.1) is 20.3 Å². The average molecular weight is 195 g/mol. The third-order valence-corrected chi connectivity index (χ3v) is 1.95. The predicted molar refractivity (Wildman–Crippen MR) is 52.5 cm³/mol. The van der Waals surface area contributed by atoms with Gasteiger partial charge in [-0.15, -0.1) is 0 Å². The molecule has 4 heteroatoms. The monoisotopic (exact) mass is 195 g/mol. The minimum absolute atomic E-state index is 0.559. The Labute approximate surface area is 82.6 Å². The third-order valence-electron chi connectivity index (χ3n) is 1.95. The Kier molecular flexibility index (Phi) is 3.48. The maximum absolute atomic E-state index is 10.5. The average Bonchev–Trinajstić information content (AvgIpc) is 2.27. The molecule has 0 aromatic heterocycles. The molecular formula is C10H13NO3. The summed E-state index contributed by atoms with van der Waals surface area (Å²) < 4.78 is 10.1. The normalized spacial score (nSPS) is 11.9. The van der Waals surface area contributed by atoms with E-state index in [4.69, 9.17) is 15.2 Å². The zero-order valence-corrected chi connectivity index (χ0v) is 8.19. The Hall–Kier alpha value is -1.55. The Morgan fingerprint density at radius 2 is 2.07 bits per heavy atom. The van der Waals surface area contributed by atoms with E-state index in [0.29, 0.717) is 23.3 Å². The molecule has 1 aromatic rings. The van der Waals surface area contributed by atoms with Crippen molar-refractivity contribution in [2.45, 2.75) is 6.04 Å². The van der Waals surface area contributed by atoms with E-state index in [1.165, 1.54) is 7.11 Å². The van der Waals surface area contributed by atoms with E-state index in [9.17, 15) is 4.79 Å². The van der Waals surface area contributed by atoms with Gasteiger partial charge in [0.25, 0.3) is 0 Å². The third kappa shape index (κ3) is 2.03. The van der Waals surface area contributed by atoms with Crippen LogP contribution in [0, 0.1) is 0 Å². The lowest BCUT2D eigenvalue weighted by Gasteiger charge is -2.11. The second-order valence-electron chi connectivity index (χ2n) is 2.77. The number of hydrogen-bond donors (Lipinski definition) is 1. The van der Waals surface area contributed by atoms with Crippen molar-refractivity contribution in [3.05, 3.63) is 23.8 Å². The van der Waals surface area contributed by atoms with E-state index in [2.05, 4.69) is 0 Å². The van der Waals surface area contributed by atoms with Crippen molar-refractivity contribution in [1.82, 2.24) is 0 Å². The number of carbonyl (C=O) groups is 1. The van der Waals surface area contributed by atoms with E-state index in [-0.39, 0.29) is 0 Å². The van der Waals surface area contributed by atoms with Gasteiger partial charge in [-0.05, 0) is 12.1 Å². The summed E-state index contributed by atoms with van der Waals surface area (Å²) in [5, 5.41) is 0. The number of nitrogens with two attached hydrogens (primary N) is 1. The molecule has 1 rings (SSSR count). The number of methoxy groups -OCH3 is 2. The summed E-state index contributed by atoms with van der Waals surface area (Å²) >= 11 is 0. The zero-order chi connectivity index (χ0) is 10.6. The first-order chi connectivity index (χ1) is 6.72. The van der Waals surface area contributed by atoms with Gasteiger partial charge in [0.15, 0.2) is 0 Å². The summed E-state index contributed by atoms with van der Waals surface area (Å²) in [4.78, 5) is 10.5. The highest BCUT2D eigenvalue weighted by atomic mass is 16.5. The maximum Gasteiger partial charge on any atom is 0.141 e. The molecule has 0 aliphatic carbocycles. The SMILES string of the molecule is COc1ccc(C(N)C=O)c(OC)c1. The smallest absolute Gasteiger partial charge is 0.141 e. The zero-order valence-electron chi connectivity index (χ0n) is 8.19. The molecule has 1 unspecified atom stereocenters. The van der Waals surface area contributed by atoms with Crippen LogP contribution in [0.15, 0.2) is 18.2 Å². The molecule has 0 saturated carbocycles. The first-order valence-electron chi connectivity index (χ1n) is 4.15. The number of carbonyl (C=O) groups excluding carboxylic acids is 1. The lowest BCUT2D eigenvalue weighted by molar-refractivity contribution is -0.109. The fourth-order valence-corrected chi connectivity index (χ4v) is 1.17. The maximum atomic E-state index is 10.5. The summed E-state index contributed by atoms with van der Waals surface area (Å²) in [6.45, 7) is 0. The van der Waals surface area contributed by atoms with Crippen molar-refractivity contribution >= 4 is 6.29 Å². The number of hydrogen-bond acceptors (Lipinski definition) is 4. The first kappa shape index (κ1) is 10.5. The molecule has 2 N–H and O–H groups in total. The molecule has 0 fully saturated rings. The van der Waals surface area contributed by atoms with Gasteiger partial charge in [0.1, 0.15) is 17.8 Å². The van der Waals surface area contributed by atoms with Crippen LogP contribution in [0.1, 0.15) is 11.6 Å². The van der Waals surface area contributed by atoms with Crippen molar-refractivity contribution in [3.63, 3.8) is 0 Å². The van der Waals surface area contributed by atoms with Crippen molar-refractivity contribution in [3.8, 4) is 11.5 Å². The van der Waals surface area contributed by atoms with Gasteiger partial charge in [-0.3, -0.25) is 0 Å². The van der Waals surface area contributed by atoms with Gasteiger partial charge < -0.3 is 20.0 Å². The van der Waals surface area contributed by atoms with Gasteiger partial charge >= 0.3 is 0 Å². The van der Waals surface area contributed by atoms with Crippen molar-refractivity contribution < 1.29 is 14.3 Å². The van der Waals surface area contributed by atoms with Gasteiger partial charge in [0, 0.05) is 11.6 Å². The van der Waals surface area contributed by atoms with E-state index in [1.807, 2.05) is 0 Å². The molecule has 14 heavy (non-hydrogen) atoms. The molecule has 0 aliphatic heterocycles. The lowest BCUT2D eigenvalue weighted by atomic mass is 10.1. The summed E-state index contributed by atoms with van der Waals surface area (Å²) in [5.74, 6) is 1.23. The van der Waals surface area contributed by atoms with E-state index >= 15 is 0 Å². The van der Waals surface area contributed by atoms with Crippen LogP contribution in [-0.4, -0.2) is 20.5 Å². The predicted octanol–water partition coefficient (Wildman–Crippen LogP) is 0.903. The van der Waals surface area contributed by atoms with Crippen LogP contribution in [0.3, 0.4) is 0 Å². The molecule has 0 heterocycles. The van der Waals surface area contributed by atoms with Crippen molar-refractivity contribution in [2.75, 3.05) is 14.2 Å². The minimum Gasteiger partial charge on any atom is -0.497 e. The Morgan fingerprint density at radius 1 is 1.36 bits per heavy atom. The molecule has 0 bridgehead atoms. The standard InChI is InChI=1S/C10H13NO3/c1-13-7-3-4-8(9(11)6-12)10(5-7)14-2/h3-6,9H,11H2,1-2H3. The highest BCUT2D eigenvalue weighted by Gasteiger charge is 2.11. The highest BCUT2D eigenvalue weighted by Crippen LogP contribution is 2.27. The van der Waals surface area contributed by atoms with Crippen LogP contribution in [0.4, 0.5) is 0 Å². The first-order valence-corrected chi connectivity index (χ1v) is 4.15. The second-order valence-corrected chi connectivity index (χ2v) is 2.77. The molecule has 0 radical (unpaired) electrons. The van der Waals surface area contributed by atoms with Crippen LogP contribution in [0.2, 0.25) is 0 Å². The summed E-state index contributed by atoms with van der Waals surface area (Å²) in [6, 6.07) is 4.49. The summed E-state index contributed by atoms with van der Waals surface area (Å²) in [6.07, 6.45) is 0.671. The Bertz CT molecular complexity index is 325. The molecular weight excluding hydrogens is 182 g/mol. The second kappa shape index (κ2) is 4.62.